The van der Waals surface area contributed by atoms with Crippen LogP contribution in [-0.2, 0) is 9.59 Å². The van der Waals surface area contributed by atoms with Gasteiger partial charge >= 0.3 is 11.9 Å². The topological polar surface area (TPSA) is 105 Å². The summed E-state index contributed by atoms with van der Waals surface area (Å²) in [6.07, 6.45) is 0. The van der Waals surface area contributed by atoms with Crippen molar-refractivity contribution in [1.29, 1.82) is 0 Å². The maximum atomic E-state index is 11.1. The number of carbonyl (C=O) groups is 2. The minimum absolute atomic E-state index is 0.0963. The first-order valence-electron chi connectivity index (χ1n) is 5.15. The van der Waals surface area contributed by atoms with E-state index in [2.05, 4.69) is 5.32 Å². The Morgan fingerprint density at radius 3 is 2.67 bits per heavy atom. The first kappa shape index (κ1) is 12.2. The smallest absolute Gasteiger partial charge is 0.325 e. The average molecular weight is 253 g/mol. The minimum Gasteiger partial charge on any atom is -0.480 e. The fraction of sp³-hybridized carbons (Fsp3) is 0.273. The summed E-state index contributed by atoms with van der Waals surface area (Å²) in [5, 5.41) is 20.0. The molecule has 0 aromatic heterocycles. The van der Waals surface area contributed by atoms with Gasteiger partial charge in [-0.2, -0.15) is 0 Å². The highest BCUT2D eigenvalue weighted by atomic mass is 16.7. The van der Waals surface area contributed by atoms with Crippen LogP contribution in [0.15, 0.2) is 18.2 Å². The number of carboxylic acids is 2. The first-order chi connectivity index (χ1) is 8.58. The van der Waals surface area contributed by atoms with Crippen molar-refractivity contribution in [1.82, 2.24) is 5.32 Å². The quantitative estimate of drug-likeness (QED) is 0.689. The maximum Gasteiger partial charge on any atom is 0.325 e. The van der Waals surface area contributed by atoms with E-state index in [0.29, 0.717) is 17.1 Å². The van der Waals surface area contributed by atoms with Crippen molar-refractivity contribution in [2.45, 2.75) is 6.04 Å². The van der Waals surface area contributed by atoms with Gasteiger partial charge in [-0.15, -0.1) is 0 Å². The van der Waals surface area contributed by atoms with E-state index in [4.69, 9.17) is 19.7 Å². The summed E-state index contributed by atoms with van der Waals surface area (Å²) in [6.45, 7) is -0.343. The molecular weight excluding hydrogens is 242 g/mol. The Bertz CT molecular complexity index is 486. The third-order valence-electron chi connectivity index (χ3n) is 2.43. The van der Waals surface area contributed by atoms with Gasteiger partial charge < -0.3 is 19.7 Å². The van der Waals surface area contributed by atoms with Crippen molar-refractivity contribution in [3.05, 3.63) is 23.8 Å². The van der Waals surface area contributed by atoms with E-state index >= 15 is 0 Å². The monoisotopic (exact) mass is 253 g/mol. The molecule has 1 unspecified atom stereocenters. The minimum atomic E-state index is -1.16. The molecule has 0 radical (unpaired) electrons. The summed E-state index contributed by atoms with van der Waals surface area (Å²) in [5.41, 5.74) is 0.410. The van der Waals surface area contributed by atoms with Crippen molar-refractivity contribution in [3.8, 4) is 11.5 Å². The van der Waals surface area contributed by atoms with Crippen LogP contribution in [0, 0.1) is 0 Å². The van der Waals surface area contributed by atoms with E-state index in [1.165, 1.54) is 6.07 Å². The van der Waals surface area contributed by atoms with Crippen molar-refractivity contribution < 1.29 is 29.3 Å². The van der Waals surface area contributed by atoms with Gasteiger partial charge in [-0.3, -0.25) is 14.9 Å². The number of hydrogen-bond donors (Lipinski definition) is 3. The molecule has 0 fully saturated rings. The van der Waals surface area contributed by atoms with Gasteiger partial charge in [0.05, 0.1) is 6.54 Å². The lowest BCUT2D eigenvalue weighted by molar-refractivity contribution is -0.140. The van der Waals surface area contributed by atoms with Gasteiger partial charge in [0.1, 0.15) is 6.04 Å². The molecular formula is C11H11NO6. The van der Waals surface area contributed by atoms with Crippen LogP contribution in [0.3, 0.4) is 0 Å². The van der Waals surface area contributed by atoms with E-state index in [-0.39, 0.29) is 6.79 Å². The Morgan fingerprint density at radius 2 is 2.00 bits per heavy atom. The van der Waals surface area contributed by atoms with Crippen molar-refractivity contribution in [2.24, 2.45) is 0 Å². The molecule has 1 aliphatic rings. The summed E-state index contributed by atoms with van der Waals surface area (Å²) in [6, 6.07) is 3.57. The Labute approximate surface area is 102 Å². The predicted octanol–water partition coefficient (Wildman–Crippen LogP) is 0.215. The van der Waals surface area contributed by atoms with Crippen molar-refractivity contribution in [3.63, 3.8) is 0 Å². The van der Waals surface area contributed by atoms with Crippen molar-refractivity contribution >= 4 is 11.9 Å². The van der Waals surface area contributed by atoms with Gasteiger partial charge in [0.25, 0.3) is 0 Å². The summed E-state index contributed by atoms with van der Waals surface area (Å²) in [7, 11) is 0. The van der Waals surface area contributed by atoms with Gasteiger partial charge in [-0.25, -0.2) is 0 Å². The lowest BCUT2D eigenvalue weighted by atomic mass is 10.1. The predicted molar refractivity (Wildman–Crippen MR) is 58.6 cm³/mol. The third kappa shape index (κ3) is 2.51. The molecule has 2 rings (SSSR count). The highest BCUT2D eigenvalue weighted by Crippen LogP contribution is 2.34. The number of hydrogen-bond acceptors (Lipinski definition) is 5. The Kier molecular flexibility index (Phi) is 3.33. The van der Waals surface area contributed by atoms with Crippen molar-refractivity contribution in [2.75, 3.05) is 13.3 Å². The van der Waals surface area contributed by atoms with Gasteiger partial charge in [0.15, 0.2) is 11.5 Å². The van der Waals surface area contributed by atoms with E-state index in [1.54, 1.807) is 12.1 Å². The van der Waals surface area contributed by atoms with Crippen LogP contribution in [0.5, 0.6) is 11.5 Å². The second-order valence-corrected chi connectivity index (χ2v) is 3.66. The Balaban J connectivity index is 2.20. The average Bonchev–Trinajstić information content (AvgIpc) is 2.75. The molecule has 0 saturated carbocycles. The second kappa shape index (κ2) is 4.92. The third-order valence-corrected chi connectivity index (χ3v) is 2.43. The number of carboxylic acid groups (broad SMARTS) is 2. The number of ether oxygens (including phenoxy) is 2. The normalized spacial score (nSPS) is 14.2. The molecule has 18 heavy (non-hydrogen) atoms. The highest BCUT2D eigenvalue weighted by Gasteiger charge is 2.23. The molecule has 3 N–H and O–H groups in total. The Morgan fingerprint density at radius 1 is 1.28 bits per heavy atom. The maximum absolute atomic E-state index is 11.1. The zero-order valence-corrected chi connectivity index (χ0v) is 9.25. The zero-order chi connectivity index (χ0) is 13.1. The number of nitrogens with one attached hydrogen (secondary N) is 1. The van der Waals surface area contributed by atoms with Gasteiger partial charge in [-0.05, 0) is 17.7 Å². The van der Waals surface area contributed by atoms with Gasteiger partial charge in [0.2, 0.25) is 6.79 Å². The van der Waals surface area contributed by atoms with Crippen LogP contribution in [-0.4, -0.2) is 35.5 Å². The van der Waals surface area contributed by atoms with Gasteiger partial charge in [-0.1, -0.05) is 6.07 Å². The molecule has 0 saturated heterocycles. The molecule has 1 aromatic rings. The number of fused-ring (bicyclic) bond motifs is 1. The van der Waals surface area contributed by atoms with Crippen LogP contribution in [0.25, 0.3) is 0 Å². The Hall–Kier alpha value is -2.28. The van der Waals surface area contributed by atoms with E-state index in [0.717, 1.165) is 0 Å². The zero-order valence-electron chi connectivity index (χ0n) is 9.25. The molecule has 7 heteroatoms. The number of aliphatic carboxylic acids is 2. The molecule has 0 amide bonds. The van der Waals surface area contributed by atoms with Crippen LogP contribution >= 0.6 is 0 Å². The van der Waals surface area contributed by atoms with E-state index in [1.807, 2.05) is 0 Å². The van der Waals surface area contributed by atoms with Crippen LogP contribution in [0.1, 0.15) is 11.6 Å². The van der Waals surface area contributed by atoms with Gasteiger partial charge in [0, 0.05) is 0 Å². The van der Waals surface area contributed by atoms with Crippen LogP contribution in [0.2, 0.25) is 0 Å². The molecule has 1 atom stereocenters. The molecule has 7 nitrogen and oxygen atoms in total. The first-order valence-corrected chi connectivity index (χ1v) is 5.15. The van der Waals surface area contributed by atoms with E-state index < -0.39 is 24.5 Å². The highest BCUT2D eigenvalue weighted by molar-refractivity contribution is 5.77. The molecule has 0 bridgehead atoms. The molecule has 96 valence electrons. The molecule has 1 aliphatic heterocycles. The molecule has 0 aliphatic carbocycles. The summed E-state index contributed by atoms with van der Waals surface area (Å²) < 4.78 is 10.2. The van der Waals surface area contributed by atoms with E-state index in [9.17, 15) is 9.59 Å². The van der Waals surface area contributed by atoms with Crippen LogP contribution < -0.4 is 14.8 Å². The number of benzene rings is 1. The summed E-state index contributed by atoms with van der Waals surface area (Å²) in [4.78, 5) is 21.5. The van der Waals surface area contributed by atoms with Crippen LogP contribution in [0.4, 0.5) is 0 Å². The fourth-order valence-electron chi connectivity index (χ4n) is 1.63. The fourth-order valence-corrected chi connectivity index (χ4v) is 1.63. The lowest BCUT2D eigenvalue weighted by Crippen LogP contribution is -2.32. The SMILES string of the molecule is O=C(O)CNC(C(=O)O)c1ccc2c(c1)OCO2. The number of rotatable bonds is 5. The second-order valence-electron chi connectivity index (χ2n) is 3.66. The lowest BCUT2D eigenvalue weighted by Gasteiger charge is -2.13. The molecule has 1 aromatic carbocycles. The molecule has 0 spiro atoms. The summed E-state index contributed by atoms with van der Waals surface area (Å²) >= 11 is 0. The standard InChI is InChI=1S/C11H11NO6/c13-9(14)4-12-10(11(15)16)6-1-2-7-8(3-6)18-5-17-7/h1-3,10,12H,4-5H2,(H,13,14)(H,15,16). The molecule has 1 heterocycles. The summed E-state index contributed by atoms with van der Waals surface area (Å²) in [5.74, 6) is -1.28. The largest absolute Gasteiger partial charge is 0.480 e.